The van der Waals surface area contributed by atoms with Gasteiger partial charge in [0.05, 0.1) is 24.3 Å². The average Bonchev–Trinajstić information content (AvgIpc) is 4.02. The number of nitrogens with one attached hydrogen (secondary N) is 4. The summed E-state index contributed by atoms with van der Waals surface area (Å²) >= 11 is 0. The number of rotatable bonds is 9. The van der Waals surface area contributed by atoms with E-state index in [1.54, 1.807) is 68.5 Å². The van der Waals surface area contributed by atoms with Crippen LogP contribution >= 0.6 is 0 Å². The third-order valence-electron chi connectivity index (χ3n) is 15.4. The fourth-order valence-electron chi connectivity index (χ4n) is 11.2. The lowest BCUT2D eigenvalue weighted by atomic mass is 9.90. The Hall–Kier alpha value is -6.68. The zero-order chi connectivity index (χ0) is 60.0. The predicted molar refractivity (Wildman–Crippen MR) is 317 cm³/mol. The molecule has 4 aliphatic heterocycles. The van der Waals surface area contributed by atoms with Crippen molar-refractivity contribution in [1.82, 2.24) is 29.4 Å². The molecule has 4 aliphatic rings. The second kappa shape index (κ2) is 25.4. The van der Waals surface area contributed by atoms with Crippen LogP contribution in [0.4, 0.5) is 23.3 Å². The van der Waals surface area contributed by atoms with Crippen LogP contribution < -0.4 is 29.9 Å². The first-order chi connectivity index (χ1) is 38.4. The molecule has 0 aromatic carbocycles. The second-order valence-electron chi connectivity index (χ2n) is 25.1. The van der Waals surface area contributed by atoms with Crippen molar-refractivity contribution in [1.29, 1.82) is 0 Å². The molecule has 8 rings (SSSR count). The van der Waals surface area contributed by atoms with Gasteiger partial charge in [-0.15, -0.1) is 0 Å². The van der Waals surface area contributed by atoms with Gasteiger partial charge in [-0.05, 0) is 160 Å². The van der Waals surface area contributed by atoms with Gasteiger partial charge in [0.1, 0.15) is 23.3 Å². The summed E-state index contributed by atoms with van der Waals surface area (Å²) in [5.74, 6) is 0.302. The topological polar surface area (TPSA) is 261 Å². The van der Waals surface area contributed by atoms with Crippen molar-refractivity contribution in [3.05, 3.63) is 95.3 Å². The lowest BCUT2D eigenvalue weighted by Crippen LogP contribution is -2.41. The summed E-state index contributed by atoms with van der Waals surface area (Å²) in [6, 6.07) is 16.1. The molecule has 0 aliphatic carbocycles. The first kappa shape index (κ1) is 62.9. The van der Waals surface area contributed by atoms with E-state index in [9.17, 15) is 36.0 Å². The smallest absolute Gasteiger partial charge is 0.330 e. The van der Waals surface area contributed by atoms with E-state index in [1.165, 1.54) is 18.2 Å². The van der Waals surface area contributed by atoms with Crippen LogP contribution in [0.25, 0.3) is 0 Å². The highest BCUT2D eigenvalue weighted by Crippen LogP contribution is 2.43. The number of aromatic nitrogens is 4. The molecule has 2 fully saturated rings. The molecule has 446 valence electrons. The standard InChI is InChI=1S/C30H43N5O5S.C30H41N5O5S/c2*1-7-40-26(36)13-8-10-21-15-14-20-18-30(5,6)35(19-20)27-22(16-17-23(32-27)29(2,3)4)28(37)34-41(38,39)25-12-9-11-24(31-21)33-25/h9,11-12,16-17,20-21H,7-8,10,13-15,18-19H2,1-6H3,(H,31,33)(H,34,37);8-9,11-13,16-17,20-21H,7,10,14-15,18-19H2,1-6H3,(H,31,33)(H,34,37)/b;13-8+/t2*20-,21?/m00/s1. The van der Waals surface area contributed by atoms with E-state index in [0.29, 0.717) is 87.1 Å². The largest absolute Gasteiger partial charge is 0.466 e. The summed E-state index contributed by atoms with van der Waals surface area (Å²) in [7, 11) is -8.54. The number of amides is 2. The normalized spacial score (nSPS) is 22.1. The van der Waals surface area contributed by atoms with Crippen LogP contribution in [0.2, 0.25) is 0 Å². The van der Waals surface area contributed by atoms with Crippen molar-refractivity contribution >= 4 is 67.1 Å². The van der Waals surface area contributed by atoms with Crippen LogP contribution in [0, 0.1) is 11.8 Å². The Morgan fingerprint density at radius 1 is 0.634 bits per heavy atom. The molecule has 2 unspecified atom stereocenters. The number of fused-ring (bicyclic) bond motifs is 12. The van der Waals surface area contributed by atoms with Crippen molar-refractivity contribution in [3.63, 3.8) is 0 Å². The molecule has 4 N–H and O–H groups in total. The molecule has 4 aromatic rings. The van der Waals surface area contributed by atoms with Gasteiger partial charge in [-0.3, -0.25) is 14.4 Å². The van der Waals surface area contributed by atoms with E-state index < -0.39 is 37.8 Å². The number of pyridine rings is 4. The molecule has 8 heterocycles. The number of anilines is 4. The van der Waals surface area contributed by atoms with Crippen molar-refractivity contribution in [2.45, 2.75) is 191 Å². The van der Waals surface area contributed by atoms with Gasteiger partial charge < -0.3 is 29.9 Å². The SMILES string of the molecule is CCOC(=O)/C=C/CC1CC[C@@H]2CN(c3nc(C(C)(C)C)ccc3C(=O)NS(=O)(=O)c3cccc(n3)N1)C(C)(C)C2.CCOC(=O)CCCC1CC[C@@H]2CN(c3nc(C(C)(C)C)ccc3C(=O)NS(=O)(=O)c3cccc(n3)N1)C(C)(C)C2. The first-order valence-electron chi connectivity index (χ1n) is 28.6. The number of hydrogen-bond donors (Lipinski definition) is 4. The lowest BCUT2D eigenvalue weighted by Gasteiger charge is -2.34. The van der Waals surface area contributed by atoms with E-state index >= 15 is 0 Å². The van der Waals surface area contributed by atoms with Crippen LogP contribution in [-0.4, -0.2) is 110 Å². The van der Waals surface area contributed by atoms with Crippen LogP contribution in [0.15, 0.2) is 82.9 Å². The van der Waals surface area contributed by atoms with Crippen molar-refractivity contribution < 1.29 is 45.5 Å². The summed E-state index contributed by atoms with van der Waals surface area (Å²) in [5, 5.41) is 6.22. The van der Waals surface area contributed by atoms with E-state index in [2.05, 4.69) is 109 Å². The highest BCUT2D eigenvalue weighted by molar-refractivity contribution is 7.90. The third kappa shape index (κ3) is 15.9. The molecule has 82 heavy (non-hydrogen) atoms. The summed E-state index contributed by atoms with van der Waals surface area (Å²) < 4.78 is 67.8. The van der Waals surface area contributed by atoms with Crippen LogP contribution in [-0.2, 0) is 49.9 Å². The van der Waals surface area contributed by atoms with Gasteiger partial charge in [0.2, 0.25) is 0 Å². The Labute approximate surface area is 484 Å². The highest BCUT2D eigenvalue weighted by atomic mass is 32.2. The molecule has 0 radical (unpaired) electrons. The van der Waals surface area contributed by atoms with Gasteiger partial charge in [-0.2, -0.15) is 16.8 Å². The number of sulfonamides is 2. The Balaban J connectivity index is 0.000000236. The third-order valence-corrected chi connectivity index (χ3v) is 17.9. The molecule has 0 spiro atoms. The van der Waals surface area contributed by atoms with E-state index in [4.69, 9.17) is 19.4 Å². The first-order valence-corrected chi connectivity index (χ1v) is 31.5. The van der Waals surface area contributed by atoms with Gasteiger partial charge in [0, 0.05) is 71.0 Å². The molecule has 2 saturated heterocycles. The van der Waals surface area contributed by atoms with Crippen LogP contribution in [0.1, 0.15) is 179 Å². The number of nitrogens with zero attached hydrogens (tertiary/aromatic N) is 6. The number of ether oxygens (including phenoxy) is 2. The maximum absolute atomic E-state index is 13.5. The Morgan fingerprint density at radius 3 is 1.54 bits per heavy atom. The molecule has 0 saturated carbocycles. The monoisotopic (exact) mass is 1170 g/mol. The van der Waals surface area contributed by atoms with E-state index in [0.717, 1.165) is 49.9 Å². The molecule has 22 heteroatoms. The van der Waals surface area contributed by atoms with Gasteiger partial charge in [-0.25, -0.2) is 34.2 Å². The maximum atomic E-state index is 13.5. The van der Waals surface area contributed by atoms with Gasteiger partial charge >= 0.3 is 11.9 Å². The molecule has 4 atom stereocenters. The Bertz CT molecular complexity index is 3240. The Morgan fingerprint density at radius 2 is 1.09 bits per heavy atom. The Kier molecular flexibility index (Phi) is 19.5. The number of carbonyl (C=O) groups excluding carboxylic acids is 4. The van der Waals surface area contributed by atoms with Crippen molar-refractivity contribution in [2.75, 3.05) is 46.7 Å². The fraction of sp³-hybridized carbons (Fsp3) is 0.567. The predicted octanol–water partition coefficient (Wildman–Crippen LogP) is 9.39. The van der Waals surface area contributed by atoms with Crippen LogP contribution in [0.5, 0.6) is 0 Å². The molecule has 20 nitrogen and oxygen atoms in total. The second-order valence-corrected chi connectivity index (χ2v) is 28.4. The zero-order valence-electron chi connectivity index (χ0n) is 49.7. The molecule has 4 aromatic heterocycles. The summed E-state index contributed by atoms with van der Waals surface area (Å²) in [4.78, 5) is 73.7. The molecular formula is C60H84N10O10S2. The highest BCUT2D eigenvalue weighted by Gasteiger charge is 2.43. The summed E-state index contributed by atoms with van der Waals surface area (Å²) in [6.45, 7) is 26.5. The zero-order valence-corrected chi connectivity index (χ0v) is 51.4. The summed E-state index contributed by atoms with van der Waals surface area (Å²) in [5.41, 5.74) is 0.941. The van der Waals surface area contributed by atoms with Gasteiger partial charge in [0.25, 0.3) is 31.9 Å². The number of esters is 2. The lowest BCUT2D eigenvalue weighted by molar-refractivity contribution is -0.143. The minimum atomic E-state index is -4.28. The van der Waals surface area contributed by atoms with Gasteiger partial charge in [0.15, 0.2) is 10.1 Å². The molecule has 2 amide bonds. The van der Waals surface area contributed by atoms with Gasteiger partial charge in [-0.1, -0.05) is 59.8 Å². The average molecular weight is 1170 g/mol. The summed E-state index contributed by atoms with van der Waals surface area (Å²) in [6.07, 6.45) is 10.5. The fourth-order valence-corrected chi connectivity index (χ4v) is 13.1. The van der Waals surface area contributed by atoms with Crippen molar-refractivity contribution in [2.24, 2.45) is 11.8 Å². The molecular weight excluding hydrogens is 1080 g/mol. The minimum absolute atomic E-state index is 0.0235. The number of hydrogen-bond acceptors (Lipinski definition) is 18. The maximum Gasteiger partial charge on any atom is 0.330 e. The van der Waals surface area contributed by atoms with E-state index in [-0.39, 0.29) is 61.1 Å². The minimum Gasteiger partial charge on any atom is -0.466 e. The van der Waals surface area contributed by atoms with E-state index in [1.807, 2.05) is 0 Å². The van der Waals surface area contributed by atoms with Crippen molar-refractivity contribution in [3.8, 4) is 0 Å². The van der Waals surface area contributed by atoms with Crippen LogP contribution in [0.3, 0.4) is 0 Å². The number of carbonyl (C=O) groups is 4. The molecule has 8 bridgehead atoms. The quantitative estimate of drug-likeness (QED) is 0.0898.